The number of amides is 1. The molecule has 1 aromatic rings. The van der Waals surface area contributed by atoms with Gasteiger partial charge in [-0.3, -0.25) is 9.59 Å². The number of rotatable bonds is 4. The molecule has 0 unspecified atom stereocenters. The number of hydrogen-bond donors (Lipinski definition) is 1. The van der Waals surface area contributed by atoms with Crippen LogP contribution < -0.4 is 15.8 Å². The first-order valence-corrected chi connectivity index (χ1v) is 8.70. The lowest BCUT2D eigenvalue weighted by Gasteiger charge is -2.18. The molecule has 6 heteroatoms. The van der Waals surface area contributed by atoms with E-state index in [4.69, 9.17) is 0 Å². The smallest absolute Gasteiger partial charge is 0.268 e. The first-order chi connectivity index (χ1) is 11.1. The monoisotopic (exact) mass is 332 g/mol. The third kappa shape index (κ3) is 2.72. The van der Waals surface area contributed by atoms with Gasteiger partial charge >= 0.3 is 0 Å². The predicted molar refractivity (Wildman–Crippen MR) is 93.9 cm³/mol. The lowest BCUT2D eigenvalue weighted by atomic mass is 10.0. The molecule has 1 amide bonds. The van der Waals surface area contributed by atoms with Gasteiger partial charge in [0.1, 0.15) is 0 Å². The van der Waals surface area contributed by atoms with E-state index in [0.29, 0.717) is 12.5 Å². The van der Waals surface area contributed by atoms with Gasteiger partial charge in [0.05, 0.1) is 11.9 Å². The van der Waals surface area contributed by atoms with Crippen LogP contribution in [0.5, 0.6) is 0 Å². The van der Waals surface area contributed by atoms with Gasteiger partial charge in [-0.2, -0.15) is 5.10 Å². The van der Waals surface area contributed by atoms with Crippen LogP contribution in [0.25, 0.3) is 0 Å². The van der Waals surface area contributed by atoms with E-state index < -0.39 is 0 Å². The summed E-state index contributed by atoms with van der Waals surface area (Å²) < 4.78 is 1.33. The van der Waals surface area contributed by atoms with Crippen molar-refractivity contribution in [1.29, 1.82) is 0 Å². The van der Waals surface area contributed by atoms with Crippen LogP contribution in [0.15, 0.2) is 17.1 Å². The summed E-state index contributed by atoms with van der Waals surface area (Å²) in [6.07, 6.45) is 2.75. The second-order valence-electron chi connectivity index (χ2n) is 8.40. The SMILES string of the molecule is Cn1ncc(N2CC[C@H](CNC(=O)C3C(C)(C)C3(C)C)C2)cc1=O. The molecule has 2 heterocycles. The van der Waals surface area contributed by atoms with Crippen molar-refractivity contribution >= 4 is 11.6 Å². The van der Waals surface area contributed by atoms with Crippen molar-refractivity contribution in [2.45, 2.75) is 34.1 Å². The van der Waals surface area contributed by atoms with Gasteiger partial charge in [0.25, 0.3) is 5.56 Å². The Hall–Kier alpha value is -1.85. The van der Waals surface area contributed by atoms with Crippen molar-refractivity contribution in [3.05, 3.63) is 22.6 Å². The third-order valence-corrected chi connectivity index (χ3v) is 6.45. The molecule has 132 valence electrons. The number of nitrogens with zero attached hydrogens (tertiary/aromatic N) is 3. The fourth-order valence-electron chi connectivity index (χ4n) is 4.07. The lowest BCUT2D eigenvalue weighted by Crippen LogP contribution is -2.33. The Bertz CT molecular complexity index is 693. The van der Waals surface area contributed by atoms with E-state index in [-0.39, 0.29) is 28.2 Å². The number of anilines is 1. The average Bonchev–Trinajstić information content (AvgIpc) is 2.84. The summed E-state index contributed by atoms with van der Waals surface area (Å²) in [6.45, 7) is 11.1. The molecular formula is C18H28N4O2. The Balaban J connectivity index is 1.53. The second-order valence-corrected chi connectivity index (χ2v) is 8.40. The summed E-state index contributed by atoms with van der Waals surface area (Å²) in [7, 11) is 1.65. The van der Waals surface area contributed by atoms with Crippen LogP contribution in [-0.2, 0) is 11.8 Å². The van der Waals surface area contributed by atoms with Crippen LogP contribution >= 0.6 is 0 Å². The van der Waals surface area contributed by atoms with Gasteiger partial charge in [0.2, 0.25) is 5.91 Å². The molecule has 3 rings (SSSR count). The average molecular weight is 332 g/mol. The van der Waals surface area contributed by atoms with Crippen molar-refractivity contribution in [3.8, 4) is 0 Å². The molecule has 1 aliphatic carbocycles. The van der Waals surface area contributed by atoms with Gasteiger partial charge in [0, 0.05) is 38.7 Å². The molecular weight excluding hydrogens is 304 g/mol. The topological polar surface area (TPSA) is 67.2 Å². The Morgan fingerprint density at radius 2 is 2.00 bits per heavy atom. The highest BCUT2D eigenvalue weighted by Gasteiger charge is 2.68. The minimum atomic E-state index is -0.0950. The van der Waals surface area contributed by atoms with E-state index in [0.717, 1.165) is 25.2 Å². The van der Waals surface area contributed by atoms with Gasteiger partial charge < -0.3 is 10.2 Å². The molecule has 2 aliphatic rings. The number of nitrogens with one attached hydrogen (secondary N) is 1. The molecule has 6 nitrogen and oxygen atoms in total. The van der Waals surface area contributed by atoms with Gasteiger partial charge in [-0.15, -0.1) is 0 Å². The zero-order valence-electron chi connectivity index (χ0n) is 15.3. The molecule has 1 saturated carbocycles. The maximum atomic E-state index is 12.4. The molecule has 1 atom stereocenters. The van der Waals surface area contributed by atoms with E-state index in [1.807, 2.05) is 0 Å². The van der Waals surface area contributed by atoms with Crippen molar-refractivity contribution in [1.82, 2.24) is 15.1 Å². The van der Waals surface area contributed by atoms with Crippen molar-refractivity contribution in [3.63, 3.8) is 0 Å². The molecule has 0 spiro atoms. The highest BCUT2D eigenvalue weighted by atomic mass is 16.2. The fourth-order valence-corrected chi connectivity index (χ4v) is 4.07. The quantitative estimate of drug-likeness (QED) is 0.905. The zero-order chi connectivity index (χ0) is 17.7. The highest BCUT2D eigenvalue weighted by Crippen LogP contribution is 2.68. The van der Waals surface area contributed by atoms with E-state index in [9.17, 15) is 9.59 Å². The zero-order valence-corrected chi connectivity index (χ0v) is 15.3. The maximum Gasteiger partial charge on any atom is 0.268 e. The van der Waals surface area contributed by atoms with E-state index >= 15 is 0 Å². The summed E-state index contributed by atoms with van der Waals surface area (Å²) in [4.78, 5) is 26.3. The van der Waals surface area contributed by atoms with Gasteiger partial charge in [-0.05, 0) is 23.2 Å². The molecule has 0 radical (unpaired) electrons. The van der Waals surface area contributed by atoms with Crippen molar-refractivity contribution < 1.29 is 4.79 Å². The molecule has 1 aromatic heterocycles. The summed E-state index contributed by atoms with van der Waals surface area (Å²) in [5, 5.41) is 7.22. The van der Waals surface area contributed by atoms with Gasteiger partial charge in [-0.1, -0.05) is 27.7 Å². The Kier molecular flexibility index (Phi) is 3.97. The van der Waals surface area contributed by atoms with Crippen LogP contribution in [0.3, 0.4) is 0 Å². The van der Waals surface area contributed by atoms with E-state index in [1.165, 1.54) is 4.68 Å². The molecule has 24 heavy (non-hydrogen) atoms. The van der Waals surface area contributed by atoms with Crippen LogP contribution in [0.4, 0.5) is 5.69 Å². The largest absolute Gasteiger partial charge is 0.370 e. The van der Waals surface area contributed by atoms with Crippen LogP contribution in [-0.4, -0.2) is 35.3 Å². The number of hydrogen-bond acceptors (Lipinski definition) is 4. The van der Waals surface area contributed by atoms with Crippen LogP contribution in [0.2, 0.25) is 0 Å². The number of aromatic nitrogens is 2. The predicted octanol–water partition coefficient (Wildman–Crippen LogP) is 1.40. The third-order valence-electron chi connectivity index (χ3n) is 6.45. The van der Waals surface area contributed by atoms with Crippen molar-refractivity contribution in [2.75, 3.05) is 24.5 Å². The molecule has 0 bridgehead atoms. The Morgan fingerprint density at radius 3 is 2.58 bits per heavy atom. The minimum Gasteiger partial charge on any atom is -0.370 e. The highest BCUT2D eigenvalue weighted by molar-refractivity contribution is 5.84. The van der Waals surface area contributed by atoms with Crippen LogP contribution in [0, 0.1) is 22.7 Å². The Labute approximate surface area is 143 Å². The van der Waals surface area contributed by atoms with E-state index in [1.54, 1.807) is 19.3 Å². The van der Waals surface area contributed by atoms with E-state index in [2.05, 4.69) is 43.0 Å². The number of carbonyl (C=O) groups is 1. The molecule has 0 aromatic carbocycles. The number of carbonyl (C=O) groups excluding carboxylic acids is 1. The minimum absolute atomic E-state index is 0.0779. The summed E-state index contributed by atoms with van der Waals surface area (Å²) >= 11 is 0. The Morgan fingerprint density at radius 1 is 1.33 bits per heavy atom. The standard InChI is InChI=1S/C18H28N4O2/c1-17(2)15(18(17,3)4)16(24)19-9-12-6-7-22(11-12)13-8-14(23)21(5)20-10-13/h8,10,12,15H,6-7,9,11H2,1-5H3,(H,19,24)/t12-/m1/s1. The fraction of sp³-hybridized carbons (Fsp3) is 0.722. The normalized spacial score (nSPS) is 24.9. The number of aryl methyl sites for hydroxylation is 1. The molecule has 2 fully saturated rings. The first kappa shape index (κ1) is 17.0. The summed E-state index contributed by atoms with van der Waals surface area (Å²) in [5.41, 5.74) is 0.933. The first-order valence-electron chi connectivity index (χ1n) is 8.70. The molecule has 1 N–H and O–H groups in total. The molecule has 1 saturated heterocycles. The maximum absolute atomic E-state index is 12.4. The van der Waals surface area contributed by atoms with Crippen molar-refractivity contribution in [2.24, 2.45) is 29.7 Å². The van der Waals surface area contributed by atoms with Gasteiger partial charge in [0.15, 0.2) is 0 Å². The molecule has 1 aliphatic heterocycles. The lowest BCUT2D eigenvalue weighted by molar-refractivity contribution is -0.123. The second kappa shape index (κ2) is 5.60. The summed E-state index contributed by atoms with van der Waals surface area (Å²) in [5.74, 6) is 0.700. The summed E-state index contributed by atoms with van der Waals surface area (Å²) in [6, 6.07) is 1.63. The van der Waals surface area contributed by atoms with Crippen LogP contribution in [0.1, 0.15) is 34.1 Å². The van der Waals surface area contributed by atoms with Gasteiger partial charge in [-0.25, -0.2) is 4.68 Å².